The molecule has 0 saturated heterocycles. The van der Waals surface area contributed by atoms with Crippen LogP contribution in [0.3, 0.4) is 0 Å². The summed E-state index contributed by atoms with van der Waals surface area (Å²) in [4.78, 5) is 11.9. The van der Waals surface area contributed by atoms with Gasteiger partial charge in [-0.15, -0.1) is 0 Å². The zero-order chi connectivity index (χ0) is 10.3. The van der Waals surface area contributed by atoms with Gasteiger partial charge in [0, 0.05) is 12.3 Å². The standard InChI is InChI=1S/C13H20O/c1-9-5-4-6-10-12(9)11(14)7-8-13(10,2)3/h4-5,9-10,12H,6-8H2,1-3H3/t9-,10-,12+/m0/s1. The summed E-state index contributed by atoms with van der Waals surface area (Å²) < 4.78 is 0. The summed E-state index contributed by atoms with van der Waals surface area (Å²) in [5.74, 6) is 1.86. The number of carbonyl (C=O) groups excluding carboxylic acids is 1. The zero-order valence-electron chi connectivity index (χ0n) is 9.42. The maximum atomic E-state index is 11.9. The first-order valence-electron chi connectivity index (χ1n) is 5.72. The molecule has 0 aliphatic heterocycles. The molecule has 0 unspecified atom stereocenters. The third-order valence-corrected chi connectivity index (χ3v) is 4.22. The number of allylic oxidation sites excluding steroid dienone is 2. The van der Waals surface area contributed by atoms with Crippen molar-refractivity contribution < 1.29 is 4.79 Å². The normalized spacial score (nSPS) is 40.8. The highest BCUT2D eigenvalue weighted by atomic mass is 16.1. The molecule has 1 heteroatoms. The van der Waals surface area contributed by atoms with Gasteiger partial charge < -0.3 is 0 Å². The maximum absolute atomic E-state index is 11.9. The Morgan fingerprint density at radius 2 is 2.14 bits per heavy atom. The van der Waals surface area contributed by atoms with E-state index in [0.29, 0.717) is 29.0 Å². The second kappa shape index (κ2) is 3.22. The van der Waals surface area contributed by atoms with E-state index in [4.69, 9.17) is 0 Å². The molecule has 2 aliphatic rings. The average molecular weight is 192 g/mol. The van der Waals surface area contributed by atoms with E-state index in [-0.39, 0.29) is 0 Å². The Morgan fingerprint density at radius 3 is 2.79 bits per heavy atom. The number of fused-ring (bicyclic) bond motifs is 1. The predicted molar refractivity (Wildman–Crippen MR) is 57.9 cm³/mol. The van der Waals surface area contributed by atoms with Crippen molar-refractivity contribution in [3.05, 3.63) is 12.2 Å². The quantitative estimate of drug-likeness (QED) is 0.539. The van der Waals surface area contributed by atoms with Crippen LogP contribution in [0.2, 0.25) is 0 Å². The number of hydrogen-bond donors (Lipinski definition) is 0. The Hall–Kier alpha value is -0.590. The van der Waals surface area contributed by atoms with Gasteiger partial charge in [0.2, 0.25) is 0 Å². The zero-order valence-corrected chi connectivity index (χ0v) is 9.42. The summed E-state index contributed by atoms with van der Waals surface area (Å²) in [7, 11) is 0. The van der Waals surface area contributed by atoms with Gasteiger partial charge in [-0.25, -0.2) is 0 Å². The van der Waals surface area contributed by atoms with Crippen LogP contribution in [0, 0.1) is 23.2 Å². The number of ketones is 1. The van der Waals surface area contributed by atoms with Crippen LogP contribution in [0.15, 0.2) is 12.2 Å². The van der Waals surface area contributed by atoms with E-state index >= 15 is 0 Å². The van der Waals surface area contributed by atoms with Crippen LogP contribution in [-0.2, 0) is 4.79 Å². The lowest BCUT2D eigenvalue weighted by Crippen LogP contribution is -2.44. The predicted octanol–water partition coefficient (Wildman–Crippen LogP) is 3.20. The van der Waals surface area contributed by atoms with Crippen molar-refractivity contribution in [1.82, 2.24) is 0 Å². The second-order valence-corrected chi connectivity index (χ2v) is 5.61. The molecule has 0 N–H and O–H groups in total. The molecule has 2 aliphatic carbocycles. The molecular formula is C13H20O. The molecule has 0 aromatic heterocycles. The molecule has 1 nitrogen and oxygen atoms in total. The number of Topliss-reactive ketones (excluding diaryl/α,β-unsaturated/α-hetero) is 1. The highest BCUT2D eigenvalue weighted by Gasteiger charge is 2.45. The van der Waals surface area contributed by atoms with Crippen molar-refractivity contribution in [2.24, 2.45) is 23.2 Å². The van der Waals surface area contributed by atoms with E-state index in [1.165, 1.54) is 0 Å². The van der Waals surface area contributed by atoms with Gasteiger partial charge in [0.1, 0.15) is 5.78 Å². The maximum Gasteiger partial charge on any atom is 0.136 e. The highest BCUT2D eigenvalue weighted by molar-refractivity contribution is 5.83. The molecule has 0 radical (unpaired) electrons. The summed E-state index contributed by atoms with van der Waals surface area (Å²) in [6.45, 7) is 6.83. The highest BCUT2D eigenvalue weighted by Crippen LogP contribution is 2.48. The summed E-state index contributed by atoms with van der Waals surface area (Å²) in [5.41, 5.74) is 0.359. The van der Waals surface area contributed by atoms with Crippen LogP contribution >= 0.6 is 0 Å². The summed E-state index contributed by atoms with van der Waals surface area (Å²) >= 11 is 0. The van der Waals surface area contributed by atoms with Gasteiger partial charge in [-0.3, -0.25) is 4.79 Å². The van der Waals surface area contributed by atoms with Crippen LogP contribution in [0.5, 0.6) is 0 Å². The van der Waals surface area contributed by atoms with Gasteiger partial charge in [0.25, 0.3) is 0 Å². The Kier molecular flexibility index (Phi) is 2.29. The Labute approximate surface area is 86.6 Å². The number of rotatable bonds is 0. The molecule has 14 heavy (non-hydrogen) atoms. The molecule has 0 aromatic rings. The fourth-order valence-electron chi connectivity index (χ4n) is 3.19. The molecular weight excluding hydrogens is 172 g/mol. The second-order valence-electron chi connectivity index (χ2n) is 5.61. The SMILES string of the molecule is C[C@H]1C=CC[C@H]2[C@@H]1C(=O)CCC2(C)C. The van der Waals surface area contributed by atoms with E-state index in [0.717, 1.165) is 19.3 Å². The smallest absolute Gasteiger partial charge is 0.136 e. The Bertz CT molecular complexity index is 275. The largest absolute Gasteiger partial charge is 0.299 e. The topological polar surface area (TPSA) is 17.1 Å². The molecule has 0 heterocycles. The van der Waals surface area contributed by atoms with E-state index in [2.05, 4.69) is 32.9 Å². The lowest BCUT2D eigenvalue weighted by molar-refractivity contribution is -0.133. The number of carbonyl (C=O) groups is 1. The van der Waals surface area contributed by atoms with Crippen molar-refractivity contribution in [3.63, 3.8) is 0 Å². The van der Waals surface area contributed by atoms with Gasteiger partial charge in [-0.05, 0) is 30.1 Å². The van der Waals surface area contributed by atoms with E-state index in [9.17, 15) is 4.79 Å². The molecule has 2 rings (SSSR count). The summed E-state index contributed by atoms with van der Waals surface area (Å²) in [6, 6.07) is 0. The van der Waals surface area contributed by atoms with Gasteiger partial charge in [-0.2, -0.15) is 0 Å². The van der Waals surface area contributed by atoms with Crippen molar-refractivity contribution in [3.8, 4) is 0 Å². The number of hydrogen-bond acceptors (Lipinski definition) is 1. The minimum Gasteiger partial charge on any atom is -0.299 e. The molecule has 0 amide bonds. The fraction of sp³-hybridized carbons (Fsp3) is 0.769. The lowest BCUT2D eigenvalue weighted by atomic mass is 9.57. The summed E-state index contributed by atoms with van der Waals surface area (Å²) in [6.07, 6.45) is 7.47. The Morgan fingerprint density at radius 1 is 1.43 bits per heavy atom. The molecule has 78 valence electrons. The lowest BCUT2D eigenvalue weighted by Gasteiger charge is -2.46. The molecule has 0 bridgehead atoms. The van der Waals surface area contributed by atoms with Crippen LogP contribution in [0.25, 0.3) is 0 Å². The van der Waals surface area contributed by atoms with Crippen LogP contribution < -0.4 is 0 Å². The third kappa shape index (κ3) is 1.43. The minimum atomic E-state index is 0.309. The van der Waals surface area contributed by atoms with Gasteiger partial charge in [-0.1, -0.05) is 32.9 Å². The summed E-state index contributed by atoms with van der Waals surface area (Å²) in [5, 5.41) is 0. The molecule has 0 spiro atoms. The first-order chi connectivity index (χ1) is 6.52. The van der Waals surface area contributed by atoms with Crippen LogP contribution in [0.1, 0.15) is 40.0 Å². The molecule has 1 saturated carbocycles. The molecule has 3 atom stereocenters. The van der Waals surface area contributed by atoms with Crippen molar-refractivity contribution >= 4 is 5.78 Å². The van der Waals surface area contributed by atoms with Gasteiger partial charge >= 0.3 is 0 Å². The first-order valence-corrected chi connectivity index (χ1v) is 5.72. The molecule has 0 aromatic carbocycles. The average Bonchev–Trinajstić information content (AvgIpc) is 2.12. The van der Waals surface area contributed by atoms with Gasteiger partial charge in [0.05, 0.1) is 0 Å². The van der Waals surface area contributed by atoms with Gasteiger partial charge in [0.15, 0.2) is 0 Å². The fourth-order valence-corrected chi connectivity index (χ4v) is 3.19. The van der Waals surface area contributed by atoms with E-state index < -0.39 is 0 Å². The minimum absolute atomic E-state index is 0.309. The van der Waals surface area contributed by atoms with E-state index in [1.807, 2.05) is 0 Å². The monoisotopic (exact) mass is 192 g/mol. The van der Waals surface area contributed by atoms with Crippen LogP contribution in [0.4, 0.5) is 0 Å². The van der Waals surface area contributed by atoms with Crippen molar-refractivity contribution in [1.29, 1.82) is 0 Å². The third-order valence-electron chi connectivity index (χ3n) is 4.22. The van der Waals surface area contributed by atoms with E-state index in [1.54, 1.807) is 0 Å². The van der Waals surface area contributed by atoms with Crippen molar-refractivity contribution in [2.45, 2.75) is 40.0 Å². The Balaban J connectivity index is 2.31. The molecule has 1 fully saturated rings. The first kappa shape index (κ1) is 9.95. The van der Waals surface area contributed by atoms with Crippen LogP contribution in [-0.4, -0.2) is 5.78 Å². The van der Waals surface area contributed by atoms with Crippen molar-refractivity contribution in [2.75, 3.05) is 0 Å².